The number of aliphatic hydroxyl groups is 1. The van der Waals surface area contributed by atoms with Crippen molar-refractivity contribution in [3.63, 3.8) is 0 Å². The van der Waals surface area contributed by atoms with Crippen LogP contribution >= 0.6 is 0 Å². The maximum absolute atomic E-state index is 10.1. The Labute approximate surface area is 128 Å². The maximum atomic E-state index is 10.1. The highest BCUT2D eigenvalue weighted by Crippen LogP contribution is 2.12. The van der Waals surface area contributed by atoms with E-state index < -0.39 is 0 Å². The molecule has 0 bridgehead atoms. The SMILES string of the molecule is CCCCCCCCCCC(O)C[N+](C)(C)CCCC. The zero-order valence-electron chi connectivity index (χ0n) is 14.7. The summed E-state index contributed by atoms with van der Waals surface area (Å²) >= 11 is 0. The fraction of sp³-hybridized carbons (Fsp3) is 1.00. The maximum Gasteiger partial charge on any atom is 0.105 e. The molecule has 2 heteroatoms. The number of rotatable bonds is 14. The second kappa shape index (κ2) is 12.6. The monoisotopic (exact) mass is 286 g/mol. The minimum atomic E-state index is -0.109. The standard InChI is InChI=1S/C18H40NO/c1-5-7-9-10-11-12-13-14-15-18(20)17-19(3,4)16-8-6-2/h18,20H,5-17H2,1-4H3/q+1. The van der Waals surface area contributed by atoms with E-state index in [1.165, 1.54) is 70.8 Å². The molecule has 0 rings (SSSR count). The van der Waals surface area contributed by atoms with Crippen LogP contribution in [0.25, 0.3) is 0 Å². The summed E-state index contributed by atoms with van der Waals surface area (Å²) < 4.78 is 0.964. The highest BCUT2D eigenvalue weighted by molar-refractivity contribution is 4.56. The lowest BCUT2D eigenvalue weighted by Crippen LogP contribution is -2.45. The van der Waals surface area contributed by atoms with Crippen LogP contribution in [-0.2, 0) is 0 Å². The molecule has 0 saturated heterocycles. The van der Waals surface area contributed by atoms with Gasteiger partial charge in [-0.3, -0.25) is 0 Å². The summed E-state index contributed by atoms with van der Waals surface area (Å²) in [5.74, 6) is 0. The lowest BCUT2D eigenvalue weighted by molar-refractivity contribution is -0.893. The van der Waals surface area contributed by atoms with Crippen LogP contribution in [0.1, 0.15) is 84.5 Å². The van der Waals surface area contributed by atoms with Crippen LogP contribution in [0.5, 0.6) is 0 Å². The van der Waals surface area contributed by atoms with Crippen molar-refractivity contribution in [2.24, 2.45) is 0 Å². The molecule has 0 amide bonds. The van der Waals surface area contributed by atoms with E-state index >= 15 is 0 Å². The molecule has 1 atom stereocenters. The second-order valence-corrected chi connectivity index (χ2v) is 7.11. The molecule has 1 N–H and O–H groups in total. The molecule has 2 nitrogen and oxygen atoms in total. The summed E-state index contributed by atoms with van der Waals surface area (Å²) in [7, 11) is 4.49. The van der Waals surface area contributed by atoms with Gasteiger partial charge in [-0.15, -0.1) is 0 Å². The van der Waals surface area contributed by atoms with Gasteiger partial charge in [-0.25, -0.2) is 0 Å². The number of unbranched alkanes of at least 4 members (excludes halogenated alkanes) is 8. The minimum Gasteiger partial charge on any atom is -0.387 e. The van der Waals surface area contributed by atoms with Crippen LogP contribution in [0.4, 0.5) is 0 Å². The Morgan fingerprint density at radius 3 is 1.80 bits per heavy atom. The first kappa shape index (κ1) is 19.9. The van der Waals surface area contributed by atoms with E-state index in [0.29, 0.717) is 0 Å². The van der Waals surface area contributed by atoms with Crippen molar-refractivity contribution in [3.8, 4) is 0 Å². The Balaban J connectivity index is 3.46. The smallest absolute Gasteiger partial charge is 0.105 e. The van der Waals surface area contributed by atoms with Gasteiger partial charge in [0.25, 0.3) is 0 Å². The Morgan fingerprint density at radius 2 is 1.25 bits per heavy atom. The van der Waals surface area contributed by atoms with E-state index in [4.69, 9.17) is 0 Å². The Kier molecular flexibility index (Phi) is 12.6. The van der Waals surface area contributed by atoms with E-state index in [1.807, 2.05) is 0 Å². The van der Waals surface area contributed by atoms with Gasteiger partial charge in [0, 0.05) is 0 Å². The van der Waals surface area contributed by atoms with Crippen LogP contribution in [0, 0.1) is 0 Å². The number of aliphatic hydroxyl groups excluding tert-OH is 1. The van der Waals surface area contributed by atoms with Crippen molar-refractivity contribution >= 4 is 0 Å². The normalized spacial score (nSPS) is 13.7. The number of hydrogen-bond acceptors (Lipinski definition) is 1. The molecule has 0 aliphatic rings. The highest BCUT2D eigenvalue weighted by atomic mass is 16.3. The van der Waals surface area contributed by atoms with E-state index in [1.54, 1.807) is 0 Å². The van der Waals surface area contributed by atoms with E-state index in [0.717, 1.165) is 17.4 Å². The molecule has 0 aliphatic heterocycles. The predicted molar refractivity (Wildman–Crippen MR) is 90.0 cm³/mol. The van der Waals surface area contributed by atoms with Crippen molar-refractivity contribution in [1.82, 2.24) is 0 Å². The molecule has 0 radical (unpaired) electrons. The van der Waals surface area contributed by atoms with Crippen LogP contribution < -0.4 is 0 Å². The predicted octanol–water partition coefficient (Wildman–Crippen LogP) is 4.75. The van der Waals surface area contributed by atoms with Crippen LogP contribution in [0.3, 0.4) is 0 Å². The van der Waals surface area contributed by atoms with E-state index in [-0.39, 0.29) is 6.10 Å². The Bertz CT molecular complexity index is 204. The molecular weight excluding hydrogens is 246 g/mol. The quantitative estimate of drug-likeness (QED) is 0.361. The molecule has 0 heterocycles. The molecule has 0 aromatic carbocycles. The third-order valence-corrected chi connectivity index (χ3v) is 4.21. The molecule has 0 aliphatic carbocycles. The summed E-state index contributed by atoms with van der Waals surface area (Å²) in [5, 5.41) is 10.1. The van der Waals surface area contributed by atoms with Gasteiger partial charge in [-0.2, -0.15) is 0 Å². The largest absolute Gasteiger partial charge is 0.387 e. The van der Waals surface area contributed by atoms with Crippen molar-refractivity contribution < 1.29 is 9.59 Å². The fourth-order valence-corrected chi connectivity index (χ4v) is 2.85. The van der Waals surface area contributed by atoms with Gasteiger partial charge >= 0.3 is 0 Å². The number of hydrogen-bond donors (Lipinski definition) is 1. The van der Waals surface area contributed by atoms with Gasteiger partial charge in [0.2, 0.25) is 0 Å². The van der Waals surface area contributed by atoms with Crippen molar-refractivity contribution in [2.75, 3.05) is 27.2 Å². The fourth-order valence-electron chi connectivity index (χ4n) is 2.85. The second-order valence-electron chi connectivity index (χ2n) is 7.11. The summed E-state index contributed by atoms with van der Waals surface area (Å²) in [6.07, 6.45) is 14.1. The summed E-state index contributed by atoms with van der Waals surface area (Å²) in [6.45, 7) is 6.60. The molecule has 0 saturated carbocycles. The average Bonchev–Trinajstić information content (AvgIpc) is 2.39. The van der Waals surface area contributed by atoms with Crippen molar-refractivity contribution in [2.45, 2.75) is 90.6 Å². The first-order chi connectivity index (χ1) is 9.52. The highest BCUT2D eigenvalue weighted by Gasteiger charge is 2.19. The zero-order valence-corrected chi connectivity index (χ0v) is 14.7. The number of nitrogens with zero attached hydrogens (tertiary/aromatic N) is 1. The van der Waals surface area contributed by atoms with Gasteiger partial charge in [-0.1, -0.05) is 71.6 Å². The number of likely N-dealkylation sites (N-methyl/N-ethyl adjacent to an activating group) is 1. The Hall–Kier alpha value is -0.0800. The first-order valence-electron chi connectivity index (χ1n) is 9.02. The molecule has 1 unspecified atom stereocenters. The Morgan fingerprint density at radius 1 is 0.750 bits per heavy atom. The van der Waals surface area contributed by atoms with E-state index in [2.05, 4.69) is 27.9 Å². The van der Waals surface area contributed by atoms with Gasteiger partial charge in [0.15, 0.2) is 0 Å². The average molecular weight is 287 g/mol. The topological polar surface area (TPSA) is 20.2 Å². The summed E-state index contributed by atoms with van der Waals surface area (Å²) in [6, 6.07) is 0. The summed E-state index contributed by atoms with van der Waals surface area (Å²) in [4.78, 5) is 0. The van der Waals surface area contributed by atoms with Gasteiger partial charge in [0.05, 0.1) is 20.6 Å². The lowest BCUT2D eigenvalue weighted by Gasteiger charge is -2.31. The summed E-state index contributed by atoms with van der Waals surface area (Å²) in [5.41, 5.74) is 0. The van der Waals surface area contributed by atoms with Crippen LogP contribution in [-0.4, -0.2) is 42.9 Å². The van der Waals surface area contributed by atoms with Crippen molar-refractivity contribution in [3.05, 3.63) is 0 Å². The third-order valence-electron chi connectivity index (χ3n) is 4.21. The molecule has 0 aromatic heterocycles. The zero-order chi connectivity index (χ0) is 15.3. The van der Waals surface area contributed by atoms with Gasteiger partial charge < -0.3 is 9.59 Å². The lowest BCUT2D eigenvalue weighted by atomic mass is 10.1. The molecule has 0 aromatic rings. The molecule has 0 spiro atoms. The van der Waals surface area contributed by atoms with Gasteiger partial charge in [0.1, 0.15) is 12.6 Å². The van der Waals surface area contributed by atoms with Crippen molar-refractivity contribution in [1.29, 1.82) is 0 Å². The minimum absolute atomic E-state index is 0.109. The first-order valence-corrected chi connectivity index (χ1v) is 9.02. The molecule has 20 heavy (non-hydrogen) atoms. The molecule has 0 fully saturated rings. The third kappa shape index (κ3) is 12.9. The molecular formula is C18H40NO+. The number of quaternary nitrogens is 1. The van der Waals surface area contributed by atoms with E-state index in [9.17, 15) is 5.11 Å². The van der Waals surface area contributed by atoms with Crippen LogP contribution in [0.15, 0.2) is 0 Å². The van der Waals surface area contributed by atoms with Crippen LogP contribution in [0.2, 0.25) is 0 Å². The van der Waals surface area contributed by atoms with Gasteiger partial charge in [-0.05, 0) is 12.8 Å². The molecule has 122 valence electrons.